The summed E-state index contributed by atoms with van der Waals surface area (Å²) in [4.78, 5) is 29.2. The summed E-state index contributed by atoms with van der Waals surface area (Å²) >= 11 is 6.88. The van der Waals surface area contributed by atoms with Gasteiger partial charge in [0, 0.05) is 38.9 Å². The molecule has 3 N–H and O–H groups in total. The smallest absolute Gasteiger partial charge is 0.342 e. The molecule has 0 aliphatic heterocycles. The average Bonchev–Trinajstić information content (AvgIpc) is 3.50. The quantitative estimate of drug-likeness (QED) is 0.169. The van der Waals surface area contributed by atoms with Crippen molar-refractivity contribution in [1.82, 2.24) is 19.7 Å². The fourth-order valence-electron chi connectivity index (χ4n) is 3.80. The number of rotatable bonds is 8. The molecule has 37 heavy (non-hydrogen) atoms. The molecule has 184 valence electrons. The normalized spacial score (nSPS) is 11.5. The second-order valence-corrected chi connectivity index (χ2v) is 9.48. The number of aliphatic carboxylic acids is 1. The SMILES string of the molecule is O=C(Cn1cc(/C=C(\Sc2n[nH]c(-c3ccc(Cl)cc3)n2)C(=O)O)c2ccccc21)Nc1ccccc1. The predicted octanol–water partition coefficient (Wildman–Crippen LogP) is 5.94. The minimum Gasteiger partial charge on any atom is -0.477 e. The number of hydrogen-bond donors (Lipinski definition) is 3. The molecule has 5 aromatic rings. The topological polar surface area (TPSA) is 113 Å². The lowest BCUT2D eigenvalue weighted by molar-refractivity contribution is -0.131. The van der Waals surface area contributed by atoms with Crippen LogP contribution < -0.4 is 5.32 Å². The zero-order valence-electron chi connectivity index (χ0n) is 19.3. The van der Waals surface area contributed by atoms with E-state index in [9.17, 15) is 14.7 Å². The van der Waals surface area contributed by atoms with Gasteiger partial charge in [-0.05, 0) is 60.3 Å². The zero-order valence-corrected chi connectivity index (χ0v) is 20.8. The van der Waals surface area contributed by atoms with Crippen molar-refractivity contribution in [3.05, 3.63) is 101 Å². The highest BCUT2D eigenvalue weighted by Crippen LogP contribution is 2.31. The van der Waals surface area contributed by atoms with Crippen LogP contribution in [0.3, 0.4) is 0 Å². The molecule has 0 bridgehead atoms. The fourth-order valence-corrected chi connectivity index (χ4v) is 4.63. The molecule has 0 fully saturated rings. The number of nitrogens with zero attached hydrogens (tertiary/aromatic N) is 3. The Morgan fingerprint density at radius 2 is 1.76 bits per heavy atom. The van der Waals surface area contributed by atoms with Crippen molar-refractivity contribution in [3.63, 3.8) is 0 Å². The number of carboxylic acids is 1. The Morgan fingerprint density at radius 3 is 2.51 bits per heavy atom. The number of halogens is 1. The number of amides is 1. The molecule has 10 heteroatoms. The van der Waals surface area contributed by atoms with Crippen LogP contribution in [0.25, 0.3) is 28.4 Å². The monoisotopic (exact) mass is 529 g/mol. The number of thioether (sulfide) groups is 1. The third-order valence-electron chi connectivity index (χ3n) is 5.47. The van der Waals surface area contributed by atoms with E-state index in [0.29, 0.717) is 22.1 Å². The number of aromatic nitrogens is 4. The van der Waals surface area contributed by atoms with E-state index in [1.54, 1.807) is 41.1 Å². The molecule has 1 amide bonds. The molecule has 5 rings (SSSR count). The number of para-hydroxylation sites is 2. The molecule has 2 aromatic heterocycles. The zero-order chi connectivity index (χ0) is 25.8. The largest absolute Gasteiger partial charge is 0.477 e. The molecule has 3 aromatic carbocycles. The number of hydrogen-bond acceptors (Lipinski definition) is 5. The van der Waals surface area contributed by atoms with Crippen LogP contribution in [0.4, 0.5) is 5.69 Å². The lowest BCUT2D eigenvalue weighted by Crippen LogP contribution is -2.18. The predicted molar refractivity (Wildman–Crippen MR) is 145 cm³/mol. The molecule has 0 saturated carbocycles. The highest BCUT2D eigenvalue weighted by atomic mass is 35.5. The Kier molecular flexibility index (Phi) is 7.07. The first-order valence-corrected chi connectivity index (χ1v) is 12.4. The van der Waals surface area contributed by atoms with E-state index in [1.807, 2.05) is 54.6 Å². The van der Waals surface area contributed by atoms with Crippen molar-refractivity contribution >= 4 is 57.9 Å². The minimum absolute atomic E-state index is 0.0401. The number of carboxylic acid groups (broad SMARTS) is 1. The molecule has 0 saturated heterocycles. The van der Waals surface area contributed by atoms with Crippen LogP contribution >= 0.6 is 23.4 Å². The van der Waals surface area contributed by atoms with Crippen LogP contribution in [0.15, 0.2) is 95.1 Å². The third kappa shape index (κ3) is 5.74. The van der Waals surface area contributed by atoms with Crippen LogP contribution in [0, 0.1) is 0 Å². The number of carbonyl (C=O) groups is 2. The van der Waals surface area contributed by atoms with Crippen molar-refractivity contribution in [2.45, 2.75) is 11.7 Å². The standard InChI is InChI=1S/C27H20ClN5O3S/c28-19-12-10-17(11-13-19)25-30-27(32-31-25)37-23(26(35)36)14-18-15-33(22-9-5-4-8-21(18)22)16-24(34)29-20-6-2-1-3-7-20/h1-15H,16H2,(H,29,34)(H,35,36)(H,30,31,32)/b23-14-. The maximum atomic E-state index is 12.7. The van der Waals surface area contributed by atoms with Crippen LogP contribution in [0.2, 0.25) is 5.02 Å². The highest BCUT2D eigenvalue weighted by molar-refractivity contribution is 8.04. The molecule has 0 spiro atoms. The number of carbonyl (C=O) groups excluding carboxylic acids is 1. The van der Waals surface area contributed by atoms with Crippen LogP contribution in [0.1, 0.15) is 5.56 Å². The van der Waals surface area contributed by atoms with Crippen molar-refractivity contribution < 1.29 is 14.7 Å². The van der Waals surface area contributed by atoms with E-state index in [0.717, 1.165) is 28.2 Å². The van der Waals surface area contributed by atoms with Gasteiger partial charge in [0.25, 0.3) is 0 Å². The number of fused-ring (bicyclic) bond motifs is 1. The second kappa shape index (κ2) is 10.7. The third-order valence-corrected chi connectivity index (χ3v) is 6.60. The molecular weight excluding hydrogens is 510 g/mol. The van der Waals surface area contributed by atoms with Crippen molar-refractivity contribution in [2.24, 2.45) is 0 Å². The van der Waals surface area contributed by atoms with Gasteiger partial charge in [-0.15, -0.1) is 5.10 Å². The number of benzene rings is 3. The van der Waals surface area contributed by atoms with Crippen molar-refractivity contribution in [3.8, 4) is 11.4 Å². The van der Waals surface area contributed by atoms with E-state index >= 15 is 0 Å². The van der Waals surface area contributed by atoms with Gasteiger partial charge >= 0.3 is 5.97 Å². The molecule has 8 nitrogen and oxygen atoms in total. The molecule has 0 atom stereocenters. The first kappa shape index (κ1) is 24.4. The van der Waals surface area contributed by atoms with E-state index in [-0.39, 0.29) is 22.5 Å². The van der Waals surface area contributed by atoms with Gasteiger partial charge in [-0.25, -0.2) is 9.78 Å². The summed E-state index contributed by atoms with van der Waals surface area (Å²) in [5.74, 6) is -0.794. The summed E-state index contributed by atoms with van der Waals surface area (Å²) in [6.07, 6.45) is 3.34. The Labute approximate surface area is 221 Å². The summed E-state index contributed by atoms with van der Waals surface area (Å²) in [7, 11) is 0. The van der Waals surface area contributed by atoms with Crippen LogP contribution in [-0.4, -0.2) is 36.7 Å². The molecule has 0 radical (unpaired) electrons. The van der Waals surface area contributed by atoms with Gasteiger partial charge in [-0.2, -0.15) is 0 Å². The molecule has 0 aliphatic rings. The number of aromatic amines is 1. The van der Waals surface area contributed by atoms with Gasteiger partial charge < -0.3 is 15.0 Å². The fraction of sp³-hybridized carbons (Fsp3) is 0.0370. The Bertz CT molecular complexity index is 1610. The summed E-state index contributed by atoms with van der Waals surface area (Å²) in [6, 6.07) is 23.8. The van der Waals surface area contributed by atoms with E-state index in [1.165, 1.54) is 0 Å². The van der Waals surface area contributed by atoms with Crippen molar-refractivity contribution in [2.75, 3.05) is 5.32 Å². The number of anilines is 1. The lowest BCUT2D eigenvalue weighted by atomic mass is 10.1. The van der Waals surface area contributed by atoms with Crippen molar-refractivity contribution in [1.29, 1.82) is 0 Å². The molecule has 2 heterocycles. The maximum absolute atomic E-state index is 12.7. The van der Waals surface area contributed by atoms with E-state index in [4.69, 9.17) is 11.6 Å². The Morgan fingerprint density at radius 1 is 1.03 bits per heavy atom. The first-order valence-electron chi connectivity index (χ1n) is 11.2. The van der Waals surface area contributed by atoms with Gasteiger partial charge in [0.1, 0.15) is 11.4 Å². The van der Waals surface area contributed by atoms with Gasteiger partial charge in [-0.3, -0.25) is 9.89 Å². The summed E-state index contributed by atoms with van der Waals surface area (Å²) < 4.78 is 1.80. The number of nitrogens with one attached hydrogen (secondary N) is 2. The van der Waals surface area contributed by atoms with Gasteiger partial charge in [0.2, 0.25) is 11.1 Å². The summed E-state index contributed by atoms with van der Waals surface area (Å²) in [6.45, 7) is 0.0736. The van der Waals surface area contributed by atoms with Crippen LogP contribution in [-0.2, 0) is 16.1 Å². The van der Waals surface area contributed by atoms with Gasteiger partial charge in [0.05, 0.1) is 0 Å². The minimum atomic E-state index is -1.11. The molecule has 0 unspecified atom stereocenters. The number of H-pyrrole nitrogens is 1. The Hall–Kier alpha value is -4.34. The molecular formula is C27H20ClN5O3S. The average molecular weight is 530 g/mol. The summed E-state index contributed by atoms with van der Waals surface area (Å²) in [5.41, 5.74) is 2.97. The van der Waals surface area contributed by atoms with Gasteiger partial charge in [0.15, 0.2) is 5.82 Å². The maximum Gasteiger partial charge on any atom is 0.342 e. The molecule has 0 aliphatic carbocycles. The van der Waals surface area contributed by atoms with Crippen LogP contribution in [0.5, 0.6) is 0 Å². The first-order chi connectivity index (χ1) is 18.0. The second-order valence-electron chi connectivity index (χ2n) is 8.03. The van der Waals surface area contributed by atoms with E-state index in [2.05, 4.69) is 20.5 Å². The lowest BCUT2D eigenvalue weighted by Gasteiger charge is -2.07. The highest BCUT2D eigenvalue weighted by Gasteiger charge is 2.17. The van der Waals surface area contributed by atoms with Gasteiger partial charge in [-0.1, -0.05) is 48.0 Å². The summed E-state index contributed by atoms with van der Waals surface area (Å²) in [5, 5.41) is 21.5. The van der Waals surface area contributed by atoms with E-state index < -0.39 is 5.97 Å². The Balaban J connectivity index is 1.41.